The van der Waals surface area contributed by atoms with Crippen molar-refractivity contribution in [2.24, 2.45) is 5.16 Å². The second kappa shape index (κ2) is 4.37. The summed E-state index contributed by atoms with van der Waals surface area (Å²) in [5.74, 6) is 0.367. The van der Waals surface area contributed by atoms with Crippen LogP contribution in [0.1, 0.15) is 0 Å². The van der Waals surface area contributed by atoms with E-state index in [9.17, 15) is 10.1 Å². The van der Waals surface area contributed by atoms with Crippen molar-refractivity contribution in [3.63, 3.8) is 0 Å². The summed E-state index contributed by atoms with van der Waals surface area (Å²) in [5, 5.41) is 12.1. The van der Waals surface area contributed by atoms with Crippen LogP contribution in [0.5, 0.6) is 0 Å². The topological polar surface area (TPSA) is 71.2 Å². The molecule has 7 nitrogen and oxygen atoms in total. The number of nitrogens with zero attached hydrogens (tertiary/aromatic N) is 4. The van der Waals surface area contributed by atoms with Crippen molar-refractivity contribution >= 4 is 5.96 Å². The highest BCUT2D eigenvalue weighted by Gasteiger charge is 2.10. The van der Waals surface area contributed by atoms with Crippen molar-refractivity contribution in [2.45, 2.75) is 0 Å². The van der Waals surface area contributed by atoms with Gasteiger partial charge in [-0.15, -0.1) is 0 Å². The van der Waals surface area contributed by atoms with Crippen molar-refractivity contribution in [1.82, 2.24) is 9.80 Å². The molecule has 0 aliphatic carbocycles. The summed E-state index contributed by atoms with van der Waals surface area (Å²) < 4.78 is 0. The minimum atomic E-state index is -0.965. The Morgan fingerprint density at radius 3 is 2.00 bits per heavy atom. The maximum atomic E-state index is 9.79. The molecule has 0 heterocycles. The van der Waals surface area contributed by atoms with Crippen molar-refractivity contribution in [3.05, 3.63) is 10.1 Å². The smallest absolute Gasteiger partial charge is 0.325 e. The van der Waals surface area contributed by atoms with Gasteiger partial charge in [0, 0.05) is 28.2 Å². The van der Waals surface area contributed by atoms with E-state index >= 15 is 0 Å². The second-order valence-electron chi connectivity index (χ2n) is 2.49. The maximum Gasteiger partial charge on any atom is 0.347 e. The van der Waals surface area contributed by atoms with E-state index in [-0.39, 0.29) is 0 Å². The average molecular weight is 176 g/mol. The molecule has 0 rings (SSSR count). The molecule has 0 aromatic carbocycles. The molecule has 0 saturated heterocycles. The van der Waals surface area contributed by atoms with Gasteiger partial charge < -0.3 is 9.80 Å². The first-order valence-electron chi connectivity index (χ1n) is 3.19. The van der Waals surface area contributed by atoms with Crippen molar-refractivity contribution < 1.29 is 10.0 Å². The summed E-state index contributed by atoms with van der Waals surface area (Å²) in [6.45, 7) is 0. The lowest BCUT2D eigenvalue weighted by molar-refractivity contribution is -0.760. The predicted octanol–water partition coefficient (Wildman–Crippen LogP) is -0.411. The molecule has 0 fully saturated rings. The fourth-order valence-electron chi connectivity index (χ4n) is 0.633. The van der Waals surface area contributed by atoms with Gasteiger partial charge in [0.15, 0.2) is 5.09 Å². The minimum absolute atomic E-state index is 0.367. The van der Waals surface area contributed by atoms with Crippen LogP contribution in [0.2, 0.25) is 0 Å². The van der Waals surface area contributed by atoms with E-state index < -0.39 is 5.09 Å². The van der Waals surface area contributed by atoms with Crippen LogP contribution in [-0.4, -0.2) is 49.0 Å². The second-order valence-corrected chi connectivity index (χ2v) is 2.49. The molecule has 0 amide bonds. The van der Waals surface area contributed by atoms with Gasteiger partial charge in [-0.05, 0) is 0 Å². The van der Waals surface area contributed by atoms with Gasteiger partial charge >= 0.3 is 5.96 Å². The van der Waals surface area contributed by atoms with Crippen LogP contribution < -0.4 is 0 Å². The lowest BCUT2D eigenvalue weighted by Gasteiger charge is -2.16. The Hall–Kier alpha value is -1.53. The van der Waals surface area contributed by atoms with E-state index in [1.807, 2.05) is 0 Å². The Morgan fingerprint density at radius 1 is 1.33 bits per heavy atom. The van der Waals surface area contributed by atoms with Crippen LogP contribution in [0.4, 0.5) is 0 Å². The molecule has 7 heteroatoms. The molecule has 0 aliphatic heterocycles. The average Bonchev–Trinajstić information content (AvgIpc) is 1.84. The molecule has 0 bridgehead atoms. The molecule has 0 saturated carbocycles. The standard InChI is InChI=1S/C5H12N4O3/c1-7(2)5(8(3)4)6-12-9(10)11/h1-4H3. The first-order chi connectivity index (χ1) is 5.45. The molecule has 0 aromatic rings. The largest absolute Gasteiger partial charge is 0.347 e. The highest BCUT2D eigenvalue weighted by atomic mass is 17.0. The zero-order chi connectivity index (χ0) is 9.72. The van der Waals surface area contributed by atoms with E-state index in [0.717, 1.165) is 0 Å². The molecule has 0 radical (unpaired) electrons. The Labute approximate surface area is 70.3 Å². The van der Waals surface area contributed by atoms with Gasteiger partial charge in [-0.3, -0.25) is 0 Å². The fourth-order valence-corrected chi connectivity index (χ4v) is 0.633. The molecule has 70 valence electrons. The van der Waals surface area contributed by atoms with Gasteiger partial charge in [0.2, 0.25) is 0 Å². The molecule has 0 atom stereocenters. The summed E-state index contributed by atoms with van der Waals surface area (Å²) in [6.07, 6.45) is 0. The molecular formula is C5H12N4O3. The molecule has 0 unspecified atom stereocenters. The Morgan fingerprint density at radius 2 is 1.75 bits per heavy atom. The SMILES string of the molecule is CN(C)C(=NO[N+](=O)[O-])N(C)C. The fraction of sp³-hybridized carbons (Fsp3) is 0.800. The first-order valence-corrected chi connectivity index (χ1v) is 3.19. The van der Waals surface area contributed by atoms with Gasteiger partial charge in [-0.2, -0.15) is 4.94 Å². The maximum absolute atomic E-state index is 9.79. The van der Waals surface area contributed by atoms with Crippen LogP contribution in [0.15, 0.2) is 5.16 Å². The molecule has 0 spiro atoms. The summed E-state index contributed by atoms with van der Waals surface area (Å²) >= 11 is 0. The zero-order valence-electron chi connectivity index (χ0n) is 7.51. The number of oxime groups is 1. The summed E-state index contributed by atoms with van der Waals surface area (Å²) in [4.78, 5) is 16.8. The molecular weight excluding hydrogens is 164 g/mol. The van der Waals surface area contributed by atoms with E-state index in [0.29, 0.717) is 5.96 Å². The Balaban J connectivity index is 4.29. The number of rotatable bonds is 2. The number of hydrogen-bond donors (Lipinski definition) is 0. The Kier molecular flexibility index (Phi) is 3.81. The third kappa shape index (κ3) is 3.59. The molecule has 0 aliphatic rings. The zero-order valence-corrected chi connectivity index (χ0v) is 7.51. The highest BCUT2D eigenvalue weighted by molar-refractivity contribution is 5.78. The molecule has 0 N–H and O–H groups in total. The monoisotopic (exact) mass is 176 g/mol. The van der Waals surface area contributed by atoms with Gasteiger partial charge in [0.1, 0.15) is 5.16 Å². The predicted molar refractivity (Wildman–Crippen MR) is 42.9 cm³/mol. The van der Waals surface area contributed by atoms with Gasteiger partial charge in [0.05, 0.1) is 0 Å². The third-order valence-electron chi connectivity index (χ3n) is 0.989. The lowest BCUT2D eigenvalue weighted by atomic mass is 10.7. The van der Waals surface area contributed by atoms with Crippen LogP contribution in [0.25, 0.3) is 0 Å². The summed E-state index contributed by atoms with van der Waals surface area (Å²) in [6, 6.07) is 0. The van der Waals surface area contributed by atoms with Crippen LogP contribution in [0.3, 0.4) is 0 Å². The van der Waals surface area contributed by atoms with E-state index in [1.54, 1.807) is 38.0 Å². The molecule has 0 aromatic heterocycles. The summed E-state index contributed by atoms with van der Waals surface area (Å²) in [7, 11) is 6.84. The third-order valence-corrected chi connectivity index (χ3v) is 0.989. The van der Waals surface area contributed by atoms with Gasteiger partial charge in [0.25, 0.3) is 0 Å². The number of hydrogen-bond acceptors (Lipinski definition) is 4. The normalized spacial score (nSPS) is 8.67. The van der Waals surface area contributed by atoms with Crippen molar-refractivity contribution in [1.29, 1.82) is 0 Å². The van der Waals surface area contributed by atoms with Crippen molar-refractivity contribution in [3.8, 4) is 0 Å². The van der Waals surface area contributed by atoms with Crippen LogP contribution in [0, 0.1) is 10.1 Å². The highest BCUT2D eigenvalue weighted by Crippen LogP contribution is 1.89. The minimum Gasteiger partial charge on any atom is -0.325 e. The Bertz CT molecular complexity index is 179. The van der Waals surface area contributed by atoms with Gasteiger partial charge in [-0.25, -0.2) is 10.1 Å². The molecule has 12 heavy (non-hydrogen) atoms. The van der Waals surface area contributed by atoms with E-state index in [2.05, 4.69) is 10.1 Å². The van der Waals surface area contributed by atoms with Gasteiger partial charge in [-0.1, -0.05) is 0 Å². The van der Waals surface area contributed by atoms with Crippen LogP contribution >= 0.6 is 0 Å². The van der Waals surface area contributed by atoms with E-state index in [1.165, 1.54) is 0 Å². The van der Waals surface area contributed by atoms with Crippen LogP contribution in [-0.2, 0) is 4.94 Å². The van der Waals surface area contributed by atoms with E-state index in [4.69, 9.17) is 0 Å². The van der Waals surface area contributed by atoms with Crippen molar-refractivity contribution in [2.75, 3.05) is 28.2 Å². The first kappa shape index (κ1) is 10.5. The lowest BCUT2D eigenvalue weighted by Crippen LogP contribution is -2.35. The number of guanidine groups is 1. The summed E-state index contributed by atoms with van der Waals surface area (Å²) in [5.41, 5.74) is 0. The quantitative estimate of drug-likeness (QED) is 0.247.